The summed E-state index contributed by atoms with van der Waals surface area (Å²) in [6, 6.07) is 0.782. The van der Waals surface area contributed by atoms with Gasteiger partial charge in [-0.25, -0.2) is 14.2 Å². The number of nitrogens with one attached hydrogen (secondary N) is 1. The average Bonchev–Trinajstić information content (AvgIpc) is 2.84. The number of ether oxygens (including phenoxy) is 2. The van der Waals surface area contributed by atoms with Gasteiger partial charge in [0.15, 0.2) is 0 Å². The zero-order valence-corrected chi connectivity index (χ0v) is 20.2. The van der Waals surface area contributed by atoms with Crippen LogP contribution in [0, 0.1) is 5.82 Å². The molecule has 186 valence electrons. The van der Waals surface area contributed by atoms with E-state index in [1.54, 1.807) is 11.7 Å². The van der Waals surface area contributed by atoms with Crippen LogP contribution in [0.5, 0.6) is 0 Å². The van der Waals surface area contributed by atoms with Gasteiger partial charge < -0.3 is 14.8 Å². The Morgan fingerprint density at radius 2 is 1.82 bits per heavy atom. The van der Waals surface area contributed by atoms with E-state index in [1.165, 1.54) is 10.6 Å². The zero-order valence-electron chi connectivity index (χ0n) is 19.3. The molecule has 1 amide bonds. The lowest BCUT2D eigenvalue weighted by Crippen LogP contribution is -2.47. The Labute approximate surface area is 201 Å². The Hall–Kier alpha value is -2.24. The summed E-state index contributed by atoms with van der Waals surface area (Å²) in [5.41, 5.74) is -0.598. The highest BCUT2D eigenvalue weighted by Gasteiger charge is 2.29. The first-order chi connectivity index (χ1) is 16.5. The van der Waals surface area contributed by atoms with Crippen LogP contribution in [-0.2, 0) is 14.3 Å². The molecular formula is C23H31FN4O5S. The summed E-state index contributed by atoms with van der Waals surface area (Å²) in [5, 5.41) is 3.10. The molecule has 3 heterocycles. The van der Waals surface area contributed by atoms with Gasteiger partial charge in [-0.3, -0.25) is 18.7 Å². The highest BCUT2D eigenvalue weighted by atomic mass is 32.2. The average molecular weight is 495 g/mol. The van der Waals surface area contributed by atoms with Gasteiger partial charge in [0.05, 0.1) is 24.8 Å². The van der Waals surface area contributed by atoms with Crippen molar-refractivity contribution in [3.63, 3.8) is 0 Å². The number of pyridine rings is 1. The van der Waals surface area contributed by atoms with Crippen molar-refractivity contribution >= 4 is 28.7 Å². The molecule has 0 unspecified atom stereocenters. The minimum Gasteiger partial charge on any atom is -0.382 e. The lowest BCUT2D eigenvalue weighted by molar-refractivity contribution is -0.127. The summed E-state index contributed by atoms with van der Waals surface area (Å²) in [6.07, 6.45) is 5.09. The van der Waals surface area contributed by atoms with Crippen LogP contribution >= 0.6 is 11.8 Å². The van der Waals surface area contributed by atoms with Crippen LogP contribution < -0.4 is 16.6 Å². The fraction of sp³-hybridized carbons (Fsp3) is 0.652. The van der Waals surface area contributed by atoms with Gasteiger partial charge in [0, 0.05) is 25.2 Å². The Bertz CT molecular complexity index is 1120. The molecule has 11 heteroatoms. The van der Waals surface area contributed by atoms with Gasteiger partial charge in [-0.15, -0.1) is 0 Å². The van der Waals surface area contributed by atoms with Gasteiger partial charge >= 0.3 is 5.69 Å². The normalized spacial score (nSPS) is 21.6. The molecule has 0 bridgehead atoms. The lowest BCUT2D eigenvalue weighted by Gasteiger charge is -2.31. The first kappa shape index (κ1) is 24.9. The van der Waals surface area contributed by atoms with Crippen LogP contribution in [0.2, 0.25) is 0 Å². The predicted octanol–water partition coefficient (Wildman–Crippen LogP) is 2.03. The molecular weight excluding hydrogens is 463 g/mol. The molecule has 4 rings (SSSR count). The van der Waals surface area contributed by atoms with Gasteiger partial charge in [0.1, 0.15) is 18.1 Å². The van der Waals surface area contributed by atoms with E-state index in [4.69, 9.17) is 9.47 Å². The fourth-order valence-electron chi connectivity index (χ4n) is 4.85. The molecule has 0 aromatic carbocycles. The van der Waals surface area contributed by atoms with E-state index in [1.807, 2.05) is 11.8 Å². The molecule has 2 aromatic heterocycles. The largest absolute Gasteiger partial charge is 0.382 e. The second kappa shape index (κ2) is 11.5. The van der Waals surface area contributed by atoms with Crippen molar-refractivity contribution in [3.8, 4) is 0 Å². The monoisotopic (exact) mass is 494 g/mol. The van der Waals surface area contributed by atoms with Crippen LogP contribution in [0.4, 0.5) is 4.39 Å². The second-order valence-electron chi connectivity index (χ2n) is 8.81. The number of aromatic nitrogens is 3. The van der Waals surface area contributed by atoms with E-state index in [0.717, 1.165) is 30.5 Å². The van der Waals surface area contributed by atoms with Crippen LogP contribution in [0.1, 0.15) is 50.6 Å². The van der Waals surface area contributed by atoms with Crippen molar-refractivity contribution in [1.29, 1.82) is 0 Å². The zero-order chi connectivity index (χ0) is 24.1. The van der Waals surface area contributed by atoms with Crippen LogP contribution in [0.3, 0.4) is 0 Å². The van der Waals surface area contributed by atoms with E-state index in [9.17, 15) is 18.8 Å². The van der Waals surface area contributed by atoms with Crippen molar-refractivity contribution < 1.29 is 18.7 Å². The number of methoxy groups -OCH3 is 1. The molecule has 1 aliphatic heterocycles. The Kier molecular flexibility index (Phi) is 8.38. The quantitative estimate of drug-likeness (QED) is 0.560. The molecule has 1 saturated heterocycles. The first-order valence-corrected chi connectivity index (χ1v) is 12.9. The minimum atomic E-state index is -0.598. The van der Waals surface area contributed by atoms with Crippen molar-refractivity contribution in [2.45, 2.75) is 56.7 Å². The fourth-order valence-corrected chi connectivity index (χ4v) is 5.94. The summed E-state index contributed by atoms with van der Waals surface area (Å²) in [5.74, 6) is 1.07. The van der Waals surface area contributed by atoms with E-state index in [-0.39, 0.29) is 47.4 Å². The highest BCUT2D eigenvalue weighted by Crippen LogP contribution is 2.30. The number of carbonyl (C=O) groups is 1. The highest BCUT2D eigenvalue weighted by molar-refractivity contribution is 7.99. The summed E-state index contributed by atoms with van der Waals surface area (Å²) in [7, 11) is 1.57. The SMILES string of the molecule is COCCOCC(=O)NC1CCC(n2c(=O)c3cc(F)cnc3n(C3CCSCC3)c2=O)CC1. The maximum Gasteiger partial charge on any atom is 0.333 e. The minimum absolute atomic E-state index is 0.0314. The van der Waals surface area contributed by atoms with Crippen molar-refractivity contribution in [1.82, 2.24) is 19.4 Å². The molecule has 2 fully saturated rings. The van der Waals surface area contributed by atoms with E-state index in [2.05, 4.69) is 10.3 Å². The van der Waals surface area contributed by atoms with Gasteiger partial charge in [-0.1, -0.05) is 0 Å². The molecule has 2 aromatic rings. The summed E-state index contributed by atoms with van der Waals surface area (Å²) in [6.45, 7) is 0.745. The molecule has 1 aliphatic carbocycles. The number of fused-ring (bicyclic) bond motifs is 1. The van der Waals surface area contributed by atoms with Gasteiger partial charge in [-0.05, 0) is 56.1 Å². The molecule has 9 nitrogen and oxygen atoms in total. The summed E-state index contributed by atoms with van der Waals surface area (Å²) < 4.78 is 27.1. The van der Waals surface area contributed by atoms with Crippen LogP contribution in [0.15, 0.2) is 21.9 Å². The summed E-state index contributed by atoms with van der Waals surface area (Å²) >= 11 is 1.84. The molecule has 0 spiro atoms. The molecule has 1 saturated carbocycles. The predicted molar refractivity (Wildman–Crippen MR) is 128 cm³/mol. The third-order valence-electron chi connectivity index (χ3n) is 6.57. The second-order valence-corrected chi connectivity index (χ2v) is 10.0. The number of hydrogen-bond donors (Lipinski definition) is 1. The lowest BCUT2D eigenvalue weighted by atomic mass is 9.91. The number of rotatable bonds is 8. The standard InChI is InChI=1S/C23H31FN4O5S/c1-32-8-9-33-14-20(29)26-16-2-4-17(5-3-16)28-22(30)19-12-15(24)13-25-21(19)27(23(28)31)18-6-10-34-11-7-18/h12-13,16-18H,2-11,14H2,1H3,(H,26,29). The molecule has 2 aliphatic rings. The summed E-state index contributed by atoms with van der Waals surface area (Å²) in [4.78, 5) is 43.2. The molecule has 1 N–H and O–H groups in total. The topological polar surface area (TPSA) is 104 Å². The van der Waals surface area contributed by atoms with Crippen molar-refractivity contribution in [3.05, 3.63) is 38.9 Å². The number of thioether (sulfide) groups is 1. The van der Waals surface area contributed by atoms with Gasteiger partial charge in [0.25, 0.3) is 5.56 Å². The number of halogens is 1. The van der Waals surface area contributed by atoms with Gasteiger partial charge in [-0.2, -0.15) is 11.8 Å². The van der Waals surface area contributed by atoms with Crippen LogP contribution in [-0.4, -0.2) is 64.5 Å². The Morgan fingerprint density at radius 3 is 2.53 bits per heavy atom. The maximum absolute atomic E-state index is 14.0. The Balaban J connectivity index is 1.54. The third kappa shape index (κ3) is 5.52. The van der Waals surface area contributed by atoms with Crippen LogP contribution in [0.25, 0.3) is 11.0 Å². The smallest absolute Gasteiger partial charge is 0.333 e. The number of amides is 1. The first-order valence-electron chi connectivity index (χ1n) is 11.8. The number of nitrogens with zero attached hydrogens (tertiary/aromatic N) is 3. The van der Waals surface area contributed by atoms with E-state index >= 15 is 0 Å². The van der Waals surface area contributed by atoms with Crippen molar-refractivity contribution in [2.24, 2.45) is 0 Å². The molecule has 0 atom stereocenters. The van der Waals surface area contributed by atoms with Crippen molar-refractivity contribution in [2.75, 3.05) is 38.4 Å². The molecule has 34 heavy (non-hydrogen) atoms. The third-order valence-corrected chi connectivity index (χ3v) is 7.62. The van der Waals surface area contributed by atoms with Gasteiger partial charge in [0.2, 0.25) is 5.91 Å². The number of carbonyl (C=O) groups excluding carboxylic acids is 1. The number of hydrogen-bond acceptors (Lipinski definition) is 7. The molecule has 0 radical (unpaired) electrons. The maximum atomic E-state index is 14.0. The Morgan fingerprint density at radius 1 is 1.12 bits per heavy atom. The van der Waals surface area contributed by atoms with E-state index < -0.39 is 11.4 Å². The van der Waals surface area contributed by atoms with E-state index in [0.29, 0.717) is 38.9 Å².